The zero-order valence-electron chi connectivity index (χ0n) is 12.1. The number of rotatable bonds is 5. The SMILES string of the molecule is COc1ccc(SCCc2cc3c(=O)[nH]c(N)nc3[nH]2)cc1. The minimum Gasteiger partial charge on any atom is -0.497 e. The van der Waals surface area contributed by atoms with Gasteiger partial charge in [0.25, 0.3) is 5.56 Å². The van der Waals surface area contributed by atoms with Crippen LogP contribution in [0.3, 0.4) is 0 Å². The molecule has 22 heavy (non-hydrogen) atoms. The molecule has 3 rings (SSSR count). The monoisotopic (exact) mass is 316 g/mol. The summed E-state index contributed by atoms with van der Waals surface area (Å²) >= 11 is 1.75. The highest BCUT2D eigenvalue weighted by Gasteiger charge is 2.07. The minimum atomic E-state index is -0.215. The summed E-state index contributed by atoms with van der Waals surface area (Å²) in [5.41, 5.74) is 6.82. The van der Waals surface area contributed by atoms with Crippen LogP contribution in [0.5, 0.6) is 5.75 Å². The van der Waals surface area contributed by atoms with Gasteiger partial charge < -0.3 is 15.5 Å². The topological polar surface area (TPSA) is 96.8 Å². The van der Waals surface area contributed by atoms with Gasteiger partial charge in [-0.25, -0.2) is 0 Å². The van der Waals surface area contributed by atoms with Gasteiger partial charge in [-0.15, -0.1) is 11.8 Å². The lowest BCUT2D eigenvalue weighted by Gasteiger charge is -2.02. The van der Waals surface area contributed by atoms with Gasteiger partial charge in [-0.3, -0.25) is 9.78 Å². The molecule has 7 heteroatoms. The maximum atomic E-state index is 11.8. The van der Waals surface area contributed by atoms with Crippen molar-refractivity contribution in [1.82, 2.24) is 15.0 Å². The number of aryl methyl sites for hydroxylation is 1. The molecular weight excluding hydrogens is 300 g/mol. The van der Waals surface area contributed by atoms with Crippen LogP contribution in [-0.2, 0) is 6.42 Å². The zero-order chi connectivity index (χ0) is 15.5. The first-order valence-electron chi connectivity index (χ1n) is 6.80. The number of nitrogens with one attached hydrogen (secondary N) is 2. The molecule has 0 unspecified atom stereocenters. The summed E-state index contributed by atoms with van der Waals surface area (Å²) in [4.78, 5) is 22.7. The van der Waals surface area contributed by atoms with E-state index in [0.29, 0.717) is 11.0 Å². The third-order valence-corrected chi connectivity index (χ3v) is 4.28. The fourth-order valence-corrected chi connectivity index (χ4v) is 3.06. The van der Waals surface area contributed by atoms with E-state index in [9.17, 15) is 4.79 Å². The number of anilines is 1. The number of nitrogens with two attached hydrogens (primary N) is 1. The lowest BCUT2D eigenvalue weighted by atomic mass is 10.3. The van der Waals surface area contributed by atoms with Crippen LogP contribution in [0.15, 0.2) is 40.0 Å². The molecule has 0 aliphatic rings. The molecule has 0 bridgehead atoms. The highest BCUT2D eigenvalue weighted by Crippen LogP contribution is 2.22. The molecule has 0 aliphatic heterocycles. The van der Waals surface area contributed by atoms with Crippen molar-refractivity contribution in [3.05, 3.63) is 46.4 Å². The first-order valence-corrected chi connectivity index (χ1v) is 7.78. The van der Waals surface area contributed by atoms with Crippen LogP contribution in [0.2, 0.25) is 0 Å². The summed E-state index contributed by atoms with van der Waals surface area (Å²) in [5.74, 6) is 1.87. The fourth-order valence-electron chi connectivity index (χ4n) is 2.18. The molecule has 0 saturated carbocycles. The Kier molecular flexibility index (Phi) is 4.06. The van der Waals surface area contributed by atoms with E-state index in [4.69, 9.17) is 10.5 Å². The predicted octanol–water partition coefficient (Wildman–Crippen LogP) is 2.18. The summed E-state index contributed by atoms with van der Waals surface area (Å²) in [6, 6.07) is 9.77. The van der Waals surface area contributed by atoms with E-state index in [1.165, 1.54) is 4.90 Å². The number of ether oxygens (including phenoxy) is 1. The minimum absolute atomic E-state index is 0.124. The Bertz CT molecular complexity index is 839. The average molecular weight is 316 g/mol. The Labute approximate surface area is 131 Å². The number of H-pyrrole nitrogens is 2. The molecule has 4 N–H and O–H groups in total. The number of fused-ring (bicyclic) bond motifs is 1. The van der Waals surface area contributed by atoms with Crippen LogP contribution in [0.4, 0.5) is 5.95 Å². The second kappa shape index (κ2) is 6.15. The summed E-state index contributed by atoms with van der Waals surface area (Å²) in [6.45, 7) is 0. The van der Waals surface area contributed by atoms with Gasteiger partial charge in [0.05, 0.1) is 12.5 Å². The molecule has 0 amide bonds. The molecule has 0 aliphatic carbocycles. The molecule has 6 nitrogen and oxygen atoms in total. The van der Waals surface area contributed by atoms with Crippen molar-refractivity contribution in [2.24, 2.45) is 0 Å². The van der Waals surface area contributed by atoms with Crippen LogP contribution in [0.25, 0.3) is 11.0 Å². The molecule has 0 atom stereocenters. The lowest BCUT2D eigenvalue weighted by molar-refractivity contribution is 0.414. The van der Waals surface area contributed by atoms with Crippen molar-refractivity contribution in [3.63, 3.8) is 0 Å². The molecule has 0 spiro atoms. The first-order chi connectivity index (χ1) is 10.7. The Morgan fingerprint density at radius 1 is 1.27 bits per heavy atom. The summed E-state index contributed by atoms with van der Waals surface area (Å²) in [7, 11) is 1.65. The van der Waals surface area contributed by atoms with E-state index >= 15 is 0 Å². The van der Waals surface area contributed by atoms with Crippen molar-refractivity contribution in [3.8, 4) is 5.75 Å². The second-order valence-electron chi connectivity index (χ2n) is 4.78. The molecule has 114 valence electrons. The van der Waals surface area contributed by atoms with Gasteiger partial charge in [0.15, 0.2) is 0 Å². The van der Waals surface area contributed by atoms with Crippen LogP contribution in [0, 0.1) is 0 Å². The van der Waals surface area contributed by atoms with Gasteiger partial charge in [-0.1, -0.05) is 0 Å². The maximum absolute atomic E-state index is 11.8. The number of aromatic nitrogens is 3. The average Bonchev–Trinajstić information content (AvgIpc) is 2.91. The first kappa shape index (κ1) is 14.5. The van der Waals surface area contributed by atoms with E-state index in [2.05, 4.69) is 15.0 Å². The van der Waals surface area contributed by atoms with E-state index in [1.54, 1.807) is 18.9 Å². The number of thioether (sulfide) groups is 1. The molecule has 0 saturated heterocycles. The van der Waals surface area contributed by atoms with Gasteiger partial charge in [0.1, 0.15) is 11.4 Å². The van der Waals surface area contributed by atoms with Crippen molar-refractivity contribution < 1.29 is 4.74 Å². The third kappa shape index (κ3) is 3.09. The number of nitrogens with zero attached hydrogens (tertiary/aromatic N) is 1. The Balaban J connectivity index is 1.66. The Morgan fingerprint density at radius 2 is 2.05 bits per heavy atom. The standard InChI is InChI=1S/C15H16N4O2S/c1-21-10-2-4-11(5-3-10)22-7-6-9-8-12-13(17-9)18-15(16)19-14(12)20/h2-5,8H,6-7H2,1H3,(H4,16,17,18,19,20). The van der Waals surface area contributed by atoms with Crippen LogP contribution < -0.4 is 16.0 Å². The molecule has 0 fully saturated rings. The fraction of sp³-hybridized carbons (Fsp3) is 0.200. The number of benzene rings is 1. The highest BCUT2D eigenvalue weighted by molar-refractivity contribution is 7.99. The van der Waals surface area contributed by atoms with Crippen molar-refractivity contribution in [1.29, 1.82) is 0 Å². The predicted molar refractivity (Wildman–Crippen MR) is 88.5 cm³/mol. The molecule has 1 aromatic carbocycles. The summed E-state index contributed by atoms with van der Waals surface area (Å²) in [5, 5.41) is 0.540. The number of hydrogen-bond acceptors (Lipinski definition) is 5. The van der Waals surface area contributed by atoms with Crippen LogP contribution >= 0.6 is 11.8 Å². The molecule has 2 heterocycles. The second-order valence-corrected chi connectivity index (χ2v) is 5.95. The Morgan fingerprint density at radius 3 is 2.77 bits per heavy atom. The third-order valence-electron chi connectivity index (χ3n) is 3.27. The largest absolute Gasteiger partial charge is 0.497 e. The van der Waals surface area contributed by atoms with Gasteiger partial charge in [-0.05, 0) is 36.8 Å². The van der Waals surface area contributed by atoms with Crippen molar-refractivity contribution in [2.75, 3.05) is 18.6 Å². The smallest absolute Gasteiger partial charge is 0.261 e. The highest BCUT2D eigenvalue weighted by atomic mass is 32.2. The van der Waals surface area contributed by atoms with Crippen LogP contribution in [-0.4, -0.2) is 27.8 Å². The molecule has 2 aromatic heterocycles. The normalized spacial score (nSPS) is 11.0. The van der Waals surface area contributed by atoms with Crippen molar-refractivity contribution in [2.45, 2.75) is 11.3 Å². The van der Waals surface area contributed by atoms with Crippen LogP contribution in [0.1, 0.15) is 5.69 Å². The van der Waals surface area contributed by atoms with E-state index in [0.717, 1.165) is 23.6 Å². The number of nitrogen functional groups attached to an aromatic ring is 1. The zero-order valence-corrected chi connectivity index (χ0v) is 12.9. The van der Waals surface area contributed by atoms with E-state index in [-0.39, 0.29) is 11.5 Å². The van der Waals surface area contributed by atoms with E-state index < -0.39 is 0 Å². The summed E-state index contributed by atoms with van der Waals surface area (Å²) < 4.78 is 5.13. The van der Waals surface area contributed by atoms with Gasteiger partial charge >= 0.3 is 0 Å². The number of hydrogen-bond donors (Lipinski definition) is 3. The quantitative estimate of drug-likeness (QED) is 0.627. The summed E-state index contributed by atoms with van der Waals surface area (Å²) in [6.07, 6.45) is 0.812. The molecule has 0 radical (unpaired) electrons. The molecule has 3 aromatic rings. The number of aromatic amines is 2. The lowest BCUT2D eigenvalue weighted by Crippen LogP contribution is -2.09. The van der Waals surface area contributed by atoms with E-state index in [1.807, 2.05) is 30.3 Å². The van der Waals surface area contributed by atoms with Crippen molar-refractivity contribution >= 4 is 28.7 Å². The van der Waals surface area contributed by atoms with Gasteiger partial charge in [-0.2, -0.15) is 4.98 Å². The molecular formula is C15H16N4O2S. The number of methoxy groups -OCH3 is 1. The van der Waals surface area contributed by atoms with Gasteiger partial charge in [0.2, 0.25) is 5.95 Å². The van der Waals surface area contributed by atoms with Gasteiger partial charge in [0, 0.05) is 16.3 Å². The Hall–Kier alpha value is -2.41. The maximum Gasteiger partial charge on any atom is 0.261 e.